The van der Waals surface area contributed by atoms with Crippen molar-refractivity contribution in [1.29, 1.82) is 0 Å². The van der Waals surface area contributed by atoms with Crippen LogP contribution in [0, 0.1) is 0 Å². The lowest BCUT2D eigenvalue weighted by Gasteiger charge is -2.46. The molecule has 0 aromatic rings. The third kappa shape index (κ3) is 3.06. The van der Waals surface area contributed by atoms with Gasteiger partial charge in [-0.15, -0.1) is 0 Å². The molecule has 2 fully saturated rings. The fourth-order valence-electron chi connectivity index (χ4n) is 2.20. The third-order valence-corrected chi connectivity index (χ3v) is 3.01. The van der Waals surface area contributed by atoms with E-state index < -0.39 is 12.7 Å². The Morgan fingerprint density at radius 3 is 2.27 bits per heavy atom. The number of halogens is 3. The highest BCUT2D eigenvalue weighted by atomic mass is 19.4. The van der Waals surface area contributed by atoms with E-state index >= 15 is 0 Å². The average Bonchev–Trinajstić information content (AvgIpc) is 2.11. The highest BCUT2D eigenvalue weighted by molar-refractivity contribution is 4.90. The summed E-state index contributed by atoms with van der Waals surface area (Å²) < 4.78 is 36.1. The summed E-state index contributed by atoms with van der Waals surface area (Å²) in [4.78, 5) is 3.75. The fraction of sp³-hybridized carbons (Fsp3) is 1.00. The normalized spacial score (nSPS) is 26.6. The lowest BCUT2D eigenvalue weighted by Crippen LogP contribution is -2.63. The first-order valence-corrected chi connectivity index (χ1v) is 5.28. The number of alkyl halides is 3. The molecule has 2 saturated heterocycles. The maximum atomic E-state index is 12.0. The number of hydrogen-bond acceptors (Lipinski definition) is 3. The molecule has 0 unspecified atom stereocenters. The first kappa shape index (κ1) is 11.2. The monoisotopic (exact) mass is 223 g/mol. The minimum atomic E-state index is -4.05. The van der Waals surface area contributed by atoms with E-state index in [1.807, 2.05) is 0 Å². The van der Waals surface area contributed by atoms with Crippen molar-refractivity contribution in [3.63, 3.8) is 0 Å². The standard InChI is InChI=1S/C9H16F3N3/c10-9(11,12)7-14-5-8(6-14)15-3-1-13-2-4-15/h8,13H,1-7H2. The van der Waals surface area contributed by atoms with Crippen molar-refractivity contribution in [3.8, 4) is 0 Å². The maximum absolute atomic E-state index is 12.0. The zero-order valence-corrected chi connectivity index (χ0v) is 8.56. The molecule has 0 amide bonds. The molecule has 2 aliphatic heterocycles. The van der Waals surface area contributed by atoms with E-state index in [1.54, 1.807) is 0 Å². The van der Waals surface area contributed by atoms with E-state index in [0.717, 1.165) is 26.2 Å². The molecule has 15 heavy (non-hydrogen) atoms. The molecular weight excluding hydrogens is 207 g/mol. The van der Waals surface area contributed by atoms with Crippen LogP contribution in [0.2, 0.25) is 0 Å². The van der Waals surface area contributed by atoms with Gasteiger partial charge >= 0.3 is 6.18 Å². The van der Waals surface area contributed by atoms with Crippen LogP contribution in [0.4, 0.5) is 13.2 Å². The van der Waals surface area contributed by atoms with Gasteiger partial charge in [0.25, 0.3) is 0 Å². The molecule has 0 bridgehead atoms. The summed E-state index contributed by atoms with van der Waals surface area (Å²) in [6.07, 6.45) is -4.05. The van der Waals surface area contributed by atoms with E-state index in [-0.39, 0.29) is 0 Å². The van der Waals surface area contributed by atoms with E-state index in [4.69, 9.17) is 0 Å². The van der Waals surface area contributed by atoms with Crippen molar-refractivity contribution in [3.05, 3.63) is 0 Å². The van der Waals surface area contributed by atoms with Crippen molar-refractivity contribution < 1.29 is 13.2 Å². The molecule has 0 aliphatic carbocycles. The van der Waals surface area contributed by atoms with Crippen molar-refractivity contribution in [2.24, 2.45) is 0 Å². The quantitative estimate of drug-likeness (QED) is 0.718. The van der Waals surface area contributed by atoms with Crippen LogP contribution in [0.3, 0.4) is 0 Å². The minimum Gasteiger partial charge on any atom is -0.314 e. The Hall–Kier alpha value is -0.330. The molecule has 0 atom stereocenters. The summed E-state index contributed by atoms with van der Waals surface area (Å²) >= 11 is 0. The van der Waals surface area contributed by atoms with Gasteiger partial charge in [-0.25, -0.2) is 0 Å². The second kappa shape index (κ2) is 4.27. The van der Waals surface area contributed by atoms with E-state index in [1.165, 1.54) is 4.90 Å². The van der Waals surface area contributed by atoms with Crippen molar-refractivity contribution >= 4 is 0 Å². The SMILES string of the molecule is FC(F)(F)CN1CC(N2CCNCC2)C1. The molecule has 2 heterocycles. The fourth-order valence-corrected chi connectivity index (χ4v) is 2.20. The maximum Gasteiger partial charge on any atom is 0.401 e. The second-order valence-corrected chi connectivity index (χ2v) is 4.25. The molecule has 6 heteroatoms. The van der Waals surface area contributed by atoms with Gasteiger partial charge in [-0.3, -0.25) is 9.80 Å². The summed E-state index contributed by atoms with van der Waals surface area (Å²) in [5, 5.41) is 3.23. The summed E-state index contributed by atoms with van der Waals surface area (Å²) in [5.74, 6) is 0. The molecule has 0 aromatic heterocycles. The van der Waals surface area contributed by atoms with Crippen LogP contribution in [-0.4, -0.2) is 67.8 Å². The highest BCUT2D eigenvalue weighted by Gasteiger charge is 2.39. The van der Waals surface area contributed by atoms with Gasteiger partial charge in [0.15, 0.2) is 0 Å². The zero-order chi connectivity index (χ0) is 10.9. The number of nitrogens with one attached hydrogen (secondary N) is 1. The molecule has 0 aromatic carbocycles. The number of hydrogen-bond donors (Lipinski definition) is 1. The number of piperazine rings is 1. The van der Waals surface area contributed by atoms with Crippen LogP contribution in [-0.2, 0) is 0 Å². The number of likely N-dealkylation sites (tertiary alicyclic amines) is 1. The zero-order valence-electron chi connectivity index (χ0n) is 8.56. The Morgan fingerprint density at radius 1 is 1.13 bits per heavy atom. The van der Waals surface area contributed by atoms with Gasteiger partial charge in [0.05, 0.1) is 6.54 Å². The molecule has 1 N–H and O–H groups in total. The van der Waals surface area contributed by atoms with Gasteiger partial charge in [0, 0.05) is 45.3 Å². The van der Waals surface area contributed by atoms with Crippen molar-refractivity contribution in [2.45, 2.75) is 12.2 Å². The molecule has 0 spiro atoms. The molecule has 0 saturated carbocycles. The van der Waals surface area contributed by atoms with Crippen LogP contribution in [0.5, 0.6) is 0 Å². The van der Waals surface area contributed by atoms with Crippen molar-refractivity contribution in [1.82, 2.24) is 15.1 Å². The summed E-state index contributed by atoms with van der Waals surface area (Å²) in [6.45, 7) is 4.22. The Kier molecular flexibility index (Phi) is 3.18. The Balaban J connectivity index is 1.68. The second-order valence-electron chi connectivity index (χ2n) is 4.25. The van der Waals surface area contributed by atoms with Gasteiger partial charge in [-0.1, -0.05) is 0 Å². The van der Waals surface area contributed by atoms with Gasteiger partial charge in [-0.2, -0.15) is 13.2 Å². The lowest BCUT2D eigenvalue weighted by atomic mass is 10.1. The van der Waals surface area contributed by atoms with Gasteiger partial charge in [0.2, 0.25) is 0 Å². The average molecular weight is 223 g/mol. The number of nitrogens with zero attached hydrogens (tertiary/aromatic N) is 2. The van der Waals surface area contributed by atoms with Gasteiger partial charge in [0.1, 0.15) is 0 Å². The molecule has 2 rings (SSSR count). The predicted octanol–water partition coefficient (Wildman–Crippen LogP) is 0.138. The molecule has 0 radical (unpaired) electrons. The molecule has 88 valence electrons. The van der Waals surface area contributed by atoms with Crippen LogP contribution in [0.25, 0.3) is 0 Å². The number of rotatable bonds is 2. The third-order valence-electron chi connectivity index (χ3n) is 3.01. The lowest BCUT2D eigenvalue weighted by molar-refractivity contribution is -0.160. The van der Waals surface area contributed by atoms with Crippen molar-refractivity contribution in [2.75, 3.05) is 45.8 Å². The summed E-state index contributed by atoms with van der Waals surface area (Å²) in [7, 11) is 0. The van der Waals surface area contributed by atoms with E-state index in [2.05, 4.69) is 10.2 Å². The largest absolute Gasteiger partial charge is 0.401 e. The minimum absolute atomic E-state index is 0.342. The highest BCUT2D eigenvalue weighted by Crippen LogP contribution is 2.22. The Morgan fingerprint density at radius 2 is 1.73 bits per heavy atom. The van der Waals surface area contributed by atoms with E-state index in [0.29, 0.717) is 19.1 Å². The summed E-state index contributed by atoms with van der Waals surface area (Å²) in [6, 6.07) is 0.342. The van der Waals surface area contributed by atoms with E-state index in [9.17, 15) is 13.2 Å². The van der Waals surface area contributed by atoms with Crippen LogP contribution >= 0.6 is 0 Å². The van der Waals surface area contributed by atoms with Crippen LogP contribution in [0.1, 0.15) is 0 Å². The molecular formula is C9H16F3N3. The Bertz CT molecular complexity index is 207. The predicted molar refractivity (Wildman–Crippen MR) is 50.7 cm³/mol. The molecule has 3 nitrogen and oxygen atoms in total. The molecule has 2 aliphatic rings. The topological polar surface area (TPSA) is 18.5 Å². The summed E-state index contributed by atoms with van der Waals surface area (Å²) in [5.41, 5.74) is 0. The van der Waals surface area contributed by atoms with Crippen LogP contribution < -0.4 is 5.32 Å². The first-order valence-electron chi connectivity index (χ1n) is 5.28. The van der Waals surface area contributed by atoms with Gasteiger partial charge in [-0.05, 0) is 0 Å². The smallest absolute Gasteiger partial charge is 0.314 e. The first-order chi connectivity index (χ1) is 7.04. The van der Waals surface area contributed by atoms with Crippen LogP contribution in [0.15, 0.2) is 0 Å². The van der Waals surface area contributed by atoms with Gasteiger partial charge < -0.3 is 5.32 Å². The Labute approximate surface area is 87.2 Å².